The van der Waals surface area contributed by atoms with Crippen molar-refractivity contribution in [2.75, 3.05) is 30.9 Å². The average Bonchev–Trinajstić information content (AvgIpc) is 3.23. The van der Waals surface area contributed by atoms with Gasteiger partial charge in [-0.15, -0.1) is 0 Å². The fourth-order valence-electron chi connectivity index (χ4n) is 3.06. The molecule has 7 nitrogen and oxygen atoms in total. The first-order chi connectivity index (χ1) is 12.1. The van der Waals surface area contributed by atoms with E-state index in [9.17, 15) is 0 Å². The van der Waals surface area contributed by atoms with Crippen LogP contribution in [0, 0.1) is 0 Å². The number of hydrogen-bond donors (Lipinski definition) is 2. The van der Waals surface area contributed by atoms with E-state index >= 15 is 0 Å². The highest BCUT2D eigenvalue weighted by molar-refractivity contribution is 6.31. The first kappa shape index (κ1) is 16.1. The molecule has 1 fully saturated rings. The Morgan fingerprint density at radius 2 is 2.20 bits per heavy atom. The van der Waals surface area contributed by atoms with Crippen LogP contribution < -0.4 is 10.6 Å². The molecule has 3 heterocycles. The van der Waals surface area contributed by atoms with E-state index in [0.29, 0.717) is 18.2 Å². The predicted octanol–water partition coefficient (Wildman–Crippen LogP) is 2.73. The van der Waals surface area contributed by atoms with Crippen LogP contribution in [-0.2, 0) is 11.3 Å². The zero-order chi connectivity index (χ0) is 17.4. The molecule has 3 aromatic rings. The first-order valence-corrected chi connectivity index (χ1v) is 8.54. The number of ether oxygens (including phenoxy) is 1. The largest absolute Gasteiger partial charge is 0.381 e. The van der Waals surface area contributed by atoms with E-state index in [1.165, 1.54) is 0 Å². The number of nitrogen functional groups attached to an aromatic ring is 1. The van der Waals surface area contributed by atoms with Crippen LogP contribution in [0.5, 0.6) is 0 Å². The molecule has 3 N–H and O–H groups in total. The molecule has 1 aliphatic heterocycles. The monoisotopic (exact) mass is 358 g/mol. The minimum absolute atomic E-state index is 0.280. The van der Waals surface area contributed by atoms with Gasteiger partial charge >= 0.3 is 0 Å². The molecule has 8 heteroatoms. The van der Waals surface area contributed by atoms with Crippen LogP contribution in [0.1, 0.15) is 23.9 Å². The lowest BCUT2D eigenvalue weighted by Gasteiger charge is -2.18. The number of anilines is 2. The van der Waals surface area contributed by atoms with Gasteiger partial charge in [0.1, 0.15) is 11.6 Å². The summed E-state index contributed by atoms with van der Waals surface area (Å²) in [6.07, 6.45) is 0.962. The Balaban J connectivity index is 1.58. The zero-order valence-electron chi connectivity index (χ0n) is 13.9. The average molecular weight is 359 g/mol. The van der Waals surface area contributed by atoms with Crippen LogP contribution >= 0.6 is 11.6 Å². The van der Waals surface area contributed by atoms with E-state index in [0.717, 1.165) is 41.4 Å². The van der Waals surface area contributed by atoms with Crippen molar-refractivity contribution in [2.45, 2.75) is 18.9 Å². The number of imidazole rings is 1. The number of hydrogen-bond acceptors (Lipinski definition) is 6. The second kappa shape index (κ2) is 6.50. The van der Waals surface area contributed by atoms with Gasteiger partial charge in [-0.05, 0) is 24.6 Å². The topological polar surface area (TPSA) is 93.0 Å². The Labute approximate surface area is 150 Å². The number of rotatable bonds is 4. The van der Waals surface area contributed by atoms with Gasteiger partial charge in [0.15, 0.2) is 0 Å². The molecule has 1 atom stereocenters. The van der Waals surface area contributed by atoms with Gasteiger partial charge in [0.05, 0.1) is 29.9 Å². The number of nitrogens with one attached hydrogen (secondary N) is 1. The molecular formula is C17H19ClN6O. The molecule has 25 heavy (non-hydrogen) atoms. The quantitative estimate of drug-likeness (QED) is 0.744. The molecule has 0 bridgehead atoms. The summed E-state index contributed by atoms with van der Waals surface area (Å²) in [4.78, 5) is 18.6. The van der Waals surface area contributed by atoms with Crippen molar-refractivity contribution in [1.29, 1.82) is 0 Å². The van der Waals surface area contributed by atoms with Crippen LogP contribution in [0.15, 0.2) is 24.3 Å². The summed E-state index contributed by atoms with van der Waals surface area (Å²) in [5.74, 6) is 2.17. The van der Waals surface area contributed by atoms with Crippen molar-refractivity contribution < 1.29 is 4.74 Å². The van der Waals surface area contributed by atoms with Gasteiger partial charge in [-0.25, -0.2) is 9.97 Å². The third-order valence-corrected chi connectivity index (χ3v) is 4.60. The fraction of sp³-hybridized carbons (Fsp3) is 0.353. The summed E-state index contributed by atoms with van der Waals surface area (Å²) in [6, 6.07) is 7.58. The van der Waals surface area contributed by atoms with Crippen LogP contribution in [0.3, 0.4) is 0 Å². The maximum atomic E-state index is 6.03. The molecule has 2 aromatic heterocycles. The van der Waals surface area contributed by atoms with Crippen LogP contribution in [0.25, 0.3) is 11.0 Å². The lowest BCUT2D eigenvalue weighted by Crippen LogP contribution is -2.20. The SMILES string of the molecule is CN(Cc1nc2ccc(Cl)cc2[nH]1)c1cc(C2CCOC2)nc(N)n1. The number of nitrogens with two attached hydrogens (primary N) is 1. The molecule has 0 radical (unpaired) electrons. The minimum atomic E-state index is 0.280. The number of H-pyrrole nitrogens is 1. The third-order valence-electron chi connectivity index (χ3n) is 4.37. The summed E-state index contributed by atoms with van der Waals surface area (Å²) in [6.45, 7) is 2.02. The highest BCUT2D eigenvalue weighted by Gasteiger charge is 2.21. The molecule has 4 rings (SSSR count). The molecule has 0 aliphatic carbocycles. The molecule has 1 saturated heterocycles. The van der Waals surface area contributed by atoms with E-state index < -0.39 is 0 Å². The molecule has 0 spiro atoms. The minimum Gasteiger partial charge on any atom is -0.381 e. The lowest BCUT2D eigenvalue weighted by molar-refractivity contribution is 0.193. The number of nitrogens with zero attached hydrogens (tertiary/aromatic N) is 4. The molecule has 0 saturated carbocycles. The van der Waals surface area contributed by atoms with E-state index in [2.05, 4.69) is 19.9 Å². The molecular weight excluding hydrogens is 340 g/mol. The second-order valence-electron chi connectivity index (χ2n) is 6.27. The molecule has 130 valence electrons. The summed E-state index contributed by atoms with van der Waals surface area (Å²) in [5.41, 5.74) is 8.65. The summed E-state index contributed by atoms with van der Waals surface area (Å²) in [7, 11) is 1.96. The number of fused-ring (bicyclic) bond motifs is 1. The second-order valence-corrected chi connectivity index (χ2v) is 6.71. The fourth-order valence-corrected chi connectivity index (χ4v) is 3.23. The van der Waals surface area contributed by atoms with Gasteiger partial charge in [0, 0.05) is 30.7 Å². The van der Waals surface area contributed by atoms with Crippen LogP contribution in [0.4, 0.5) is 11.8 Å². The third kappa shape index (κ3) is 3.38. The smallest absolute Gasteiger partial charge is 0.222 e. The highest BCUT2D eigenvalue weighted by atomic mass is 35.5. The van der Waals surface area contributed by atoms with Gasteiger partial charge in [-0.3, -0.25) is 0 Å². The van der Waals surface area contributed by atoms with Crippen LogP contribution in [-0.4, -0.2) is 40.2 Å². The number of halogens is 1. The maximum Gasteiger partial charge on any atom is 0.222 e. The van der Waals surface area contributed by atoms with Crippen LogP contribution in [0.2, 0.25) is 5.02 Å². The van der Waals surface area contributed by atoms with Gasteiger partial charge in [0.25, 0.3) is 0 Å². The Kier molecular flexibility index (Phi) is 4.19. The number of benzene rings is 1. The van der Waals surface area contributed by atoms with Crippen molar-refractivity contribution in [3.05, 3.63) is 40.8 Å². The van der Waals surface area contributed by atoms with Crippen molar-refractivity contribution in [1.82, 2.24) is 19.9 Å². The lowest BCUT2D eigenvalue weighted by atomic mass is 10.0. The molecule has 0 amide bonds. The van der Waals surface area contributed by atoms with Crippen molar-refractivity contribution in [3.63, 3.8) is 0 Å². The van der Waals surface area contributed by atoms with Crippen molar-refractivity contribution >= 4 is 34.4 Å². The van der Waals surface area contributed by atoms with Crippen molar-refractivity contribution in [2.24, 2.45) is 0 Å². The molecule has 1 unspecified atom stereocenters. The normalized spacial score (nSPS) is 17.3. The number of aromatic amines is 1. The van der Waals surface area contributed by atoms with E-state index in [1.54, 1.807) is 0 Å². The Morgan fingerprint density at radius 1 is 1.32 bits per heavy atom. The summed E-state index contributed by atoms with van der Waals surface area (Å²) in [5, 5.41) is 0.683. The van der Waals surface area contributed by atoms with Gasteiger partial charge in [-0.1, -0.05) is 11.6 Å². The molecule has 1 aliphatic rings. The number of aromatic nitrogens is 4. The van der Waals surface area contributed by atoms with Crippen molar-refractivity contribution in [3.8, 4) is 0 Å². The van der Waals surface area contributed by atoms with Gasteiger partial charge in [0.2, 0.25) is 5.95 Å². The zero-order valence-corrected chi connectivity index (χ0v) is 14.6. The predicted molar refractivity (Wildman–Crippen MR) is 97.8 cm³/mol. The summed E-state index contributed by atoms with van der Waals surface area (Å²) < 4.78 is 5.45. The molecule has 1 aromatic carbocycles. The highest BCUT2D eigenvalue weighted by Crippen LogP contribution is 2.27. The standard InChI is InChI=1S/C17H19ClN6O/c1-24(8-15-20-12-3-2-11(18)6-14(12)21-15)16-7-13(22-17(19)23-16)10-4-5-25-9-10/h2-3,6-7,10H,4-5,8-9H2,1H3,(H,20,21)(H2,19,22,23). The van der Waals surface area contributed by atoms with E-state index in [4.69, 9.17) is 22.1 Å². The Hall–Kier alpha value is -2.38. The van der Waals surface area contributed by atoms with E-state index in [1.807, 2.05) is 36.2 Å². The summed E-state index contributed by atoms with van der Waals surface area (Å²) >= 11 is 6.03. The van der Waals surface area contributed by atoms with Gasteiger partial charge in [-0.2, -0.15) is 4.98 Å². The Bertz CT molecular complexity index is 905. The van der Waals surface area contributed by atoms with E-state index in [-0.39, 0.29) is 11.9 Å². The Morgan fingerprint density at radius 3 is 3.00 bits per heavy atom. The first-order valence-electron chi connectivity index (χ1n) is 8.16. The van der Waals surface area contributed by atoms with Gasteiger partial charge < -0.3 is 20.4 Å². The maximum absolute atomic E-state index is 6.03.